The molecule has 3 rings (SSSR count). The zero-order valence-electron chi connectivity index (χ0n) is 17.6. The monoisotopic (exact) mass is 411 g/mol. The average Bonchev–Trinajstić information content (AvgIpc) is 2.78. The number of benzene rings is 2. The molecule has 3 aromatic rings. The van der Waals surface area contributed by atoms with E-state index in [9.17, 15) is 4.79 Å². The molecule has 0 amide bonds. The molecule has 1 aromatic heterocycles. The minimum absolute atomic E-state index is 0.558. The fourth-order valence-electron chi connectivity index (χ4n) is 3.60. The molecule has 0 bridgehead atoms. The highest BCUT2D eigenvalue weighted by Crippen LogP contribution is 2.36. The number of hydrogen-bond acceptors (Lipinski definition) is 4. The van der Waals surface area contributed by atoms with Gasteiger partial charge in [0.25, 0.3) is 0 Å². The Balaban J connectivity index is 2.25. The largest absolute Gasteiger partial charge is 0.478 e. The van der Waals surface area contributed by atoms with E-state index in [-0.39, 0.29) is 0 Å². The Bertz CT molecular complexity index is 1180. The van der Waals surface area contributed by atoms with Crippen LogP contribution in [0, 0.1) is 12.3 Å². The summed E-state index contributed by atoms with van der Waals surface area (Å²) in [6.45, 7) is 4.11. The van der Waals surface area contributed by atoms with Gasteiger partial charge in [0.2, 0.25) is 0 Å². The molecule has 4 N–H and O–H groups in total. The summed E-state index contributed by atoms with van der Waals surface area (Å²) in [6, 6.07) is 17.5. The molecule has 0 saturated carbocycles. The molecule has 1 heterocycles. The summed E-state index contributed by atoms with van der Waals surface area (Å²) in [4.78, 5) is 15.3. The van der Waals surface area contributed by atoms with E-state index in [1.165, 1.54) is 6.21 Å². The molecule has 0 aliphatic heterocycles. The molecule has 0 radical (unpaired) electrons. The van der Waals surface area contributed by atoms with Gasteiger partial charge in [0, 0.05) is 35.4 Å². The fourth-order valence-corrected chi connectivity index (χ4v) is 3.60. The van der Waals surface area contributed by atoms with Crippen LogP contribution in [0.1, 0.15) is 46.9 Å². The van der Waals surface area contributed by atoms with Gasteiger partial charge in [0.15, 0.2) is 0 Å². The van der Waals surface area contributed by atoms with Crippen LogP contribution in [0.5, 0.6) is 0 Å². The van der Waals surface area contributed by atoms with Crippen LogP contribution in [0.2, 0.25) is 0 Å². The van der Waals surface area contributed by atoms with Crippen LogP contribution >= 0.6 is 0 Å². The SMILES string of the molecule is CC/C(=C(/c1ccc(/C=C/C(=O)O)cc1)c1ccc(N)c(C=N)c1)c1cccnc1C. The topological polar surface area (TPSA) is 100 Å². The van der Waals surface area contributed by atoms with Gasteiger partial charge in [0.05, 0.1) is 0 Å². The van der Waals surface area contributed by atoms with Crippen LogP contribution in [-0.4, -0.2) is 22.3 Å². The van der Waals surface area contributed by atoms with Gasteiger partial charge in [-0.2, -0.15) is 0 Å². The highest BCUT2D eigenvalue weighted by atomic mass is 16.4. The van der Waals surface area contributed by atoms with Crippen molar-refractivity contribution >= 4 is 35.1 Å². The second-order valence-electron chi connectivity index (χ2n) is 7.13. The summed E-state index contributed by atoms with van der Waals surface area (Å²) < 4.78 is 0. The van der Waals surface area contributed by atoms with Gasteiger partial charge >= 0.3 is 5.97 Å². The van der Waals surface area contributed by atoms with E-state index in [4.69, 9.17) is 16.2 Å². The van der Waals surface area contributed by atoms with E-state index in [0.29, 0.717) is 11.3 Å². The van der Waals surface area contributed by atoms with Crippen LogP contribution in [0.15, 0.2) is 66.9 Å². The highest BCUT2D eigenvalue weighted by Gasteiger charge is 2.16. The van der Waals surface area contributed by atoms with Crippen molar-refractivity contribution in [3.8, 4) is 0 Å². The first kappa shape index (κ1) is 21.7. The third kappa shape index (κ3) is 4.95. The third-order valence-electron chi connectivity index (χ3n) is 5.14. The predicted octanol–water partition coefficient (Wildman–Crippen LogP) is 5.44. The van der Waals surface area contributed by atoms with E-state index in [1.54, 1.807) is 12.3 Å². The molecule has 0 atom stereocenters. The minimum atomic E-state index is -0.981. The number of aryl methyl sites for hydroxylation is 1. The summed E-state index contributed by atoms with van der Waals surface area (Å²) in [5.41, 5.74) is 14.2. The smallest absolute Gasteiger partial charge is 0.328 e. The number of carboxylic acids is 1. The molecular weight excluding hydrogens is 386 g/mol. The Hall–Kier alpha value is -3.99. The fraction of sp³-hybridized carbons (Fsp3) is 0.115. The van der Waals surface area contributed by atoms with Crippen LogP contribution in [0.3, 0.4) is 0 Å². The summed E-state index contributed by atoms with van der Waals surface area (Å²) in [5, 5.41) is 16.6. The van der Waals surface area contributed by atoms with E-state index in [0.717, 1.165) is 51.6 Å². The molecule has 0 saturated heterocycles. The summed E-state index contributed by atoms with van der Waals surface area (Å²) in [7, 11) is 0. The van der Waals surface area contributed by atoms with Gasteiger partial charge in [0.1, 0.15) is 0 Å². The Morgan fingerprint density at radius 2 is 1.84 bits per heavy atom. The number of aliphatic carboxylic acids is 1. The molecule has 156 valence electrons. The first-order valence-electron chi connectivity index (χ1n) is 10.0. The lowest BCUT2D eigenvalue weighted by Crippen LogP contribution is -2.00. The van der Waals surface area contributed by atoms with E-state index in [1.807, 2.05) is 55.5 Å². The van der Waals surface area contributed by atoms with Gasteiger partial charge in [-0.3, -0.25) is 4.98 Å². The first-order chi connectivity index (χ1) is 14.9. The second-order valence-corrected chi connectivity index (χ2v) is 7.13. The van der Waals surface area contributed by atoms with Crippen molar-refractivity contribution in [1.29, 1.82) is 5.41 Å². The molecule has 0 unspecified atom stereocenters. The zero-order valence-corrected chi connectivity index (χ0v) is 17.6. The lowest BCUT2D eigenvalue weighted by molar-refractivity contribution is -0.131. The predicted molar refractivity (Wildman–Crippen MR) is 127 cm³/mol. The number of carboxylic acid groups (broad SMARTS) is 1. The quantitative estimate of drug-likeness (QED) is 0.274. The number of nitrogens with zero attached hydrogens (tertiary/aromatic N) is 1. The van der Waals surface area contributed by atoms with Crippen LogP contribution < -0.4 is 5.73 Å². The molecule has 0 aliphatic carbocycles. The first-order valence-corrected chi connectivity index (χ1v) is 10.0. The van der Waals surface area contributed by atoms with E-state index in [2.05, 4.69) is 18.0 Å². The molecule has 0 spiro atoms. The Morgan fingerprint density at radius 3 is 2.45 bits per heavy atom. The van der Waals surface area contributed by atoms with Gasteiger partial charge in [-0.15, -0.1) is 0 Å². The minimum Gasteiger partial charge on any atom is -0.478 e. The number of nitrogen functional groups attached to an aromatic ring is 1. The number of carbonyl (C=O) groups is 1. The number of allylic oxidation sites excluding steroid dienone is 1. The van der Waals surface area contributed by atoms with E-state index >= 15 is 0 Å². The summed E-state index contributed by atoms with van der Waals surface area (Å²) in [6.07, 6.45) is 6.52. The Kier molecular flexibility index (Phi) is 6.78. The lowest BCUT2D eigenvalue weighted by atomic mass is 9.86. The normalized spacial score (nSPS) is 11.9. The van der Waals surface area contributed by atoms with Crippen molar-refractivity contribution < 1.29 is 9.90 Å². The molecule has 31 heavy (non-hydrogen) atoms. The maximum Gasteiger partial charge on any atom is 0.328 e. The Labute approximate surface area is 182 Å². The van der Waals surface area contributed by atoms with Crippen molar-refractivity contribution in [1.82, 2.24) is 4.98 Å². The molecule has 0 fully saturated rings. The molecule has 2 aromatic carbocycles. The number of hydrogen-bond donors (Lipinski definition) is 3. The average molecular weight is 412 g/mol. The zero-order chi connectivity index (χ0) is 22.4. The maximum absolute atomic E-state index is 10.8. The Morgan fingerprint density at radius 1 is 1.13 bits per heavy atom. The van der Waals surface area contributed by atoms with E-state index < -0.39 is 5.97 Å². The second kappa shape index (κ2) is 9.67. The number of anilines is 1. The van der Waals surface area contributed by atoms with Crippen molar-refractivity contribution in [3.63, 3.8) is 0 Å². The lowest BCUT2D eigenvalue weighted by Gasteiger charge is -2.18. The van der Waals surface area contributed by atoms with Crippen LogP contribution in [-0.2, 0) is 4.79 Å². The molecule has 5 nitrogen and oxygen atoms in total. The number of rotatable bonds is 7. The van der Waals surface area contributed by atoms with Crippen LogP contribution in [0.25, 0.3) is 17.2 Å². The van der Waals surface area contributed by atoms with Crippen molar-refractivity contribution in [3.05, 3.63) is 100 Å². The van der Waals surface area contributed by atoms with Crippen molar-refractivity contribution in [2.24, 2.45) is 0 Å². The maximum atomic E-state index is 10.8. The van der Waals surface area contributed by atoms with Crippen molar-refractivity contribution in [2.45, 2.75) is 20.3 Å². The highest BCUT2D eigenvalue weighted by molar-refractivity contribution is 6.00. The number of nitrogens with two attached hydrogens (primary N) is 1. The van der Waals surface area contributed by atoms with Gasteiger partial charge in [-0.05, 0) is 71.0 Å². The van der Waals surface area contributed by atoms with Gasteiger partial charge in [-0.25, -0.2) is 4.79 Å². The number of nitrogens with one attached hydrogen (secondary N) is 1. The van der Waals surface area contributed by atoms with Crippen molar-refractivity contribution in [2.75, 3.05) is 5.73 Å². The van der Waals surface area contributed by atoms with Gasteiger partial charge < -0.3 is 16.2 Å². The van der Waals surface area contributed by atoms with Gasteiger partial charge in [-0.1, -0.05) is 43.3 Å². The number of pyridine rings is 1. The molecule has 5 heteroatoms. The number of aromatic nitrogens is 1. The third-order valence-corrected chi connectivity index (χ3v) is 5.14. The molecule has 0 aliphatic rings. The summed E-state index contributed by atoms with van der Waals surface area (Å²) in [5.74, 6) is -0.981. The van der Waals surface area contributed by atoms with Crippen LogP contribution in [0.4, 0.5) is 5.69 Å². The summed E-state index contributed by atoms with van der Waals surface area (Å²) >= 11 is 0. The standard InChI is InChI=1S/C26H25N3O2/c1-3-22(23-5-4-14-29-17(23)2)26(20-11-12-24(28)21(15-20)16-27)19-9-6-18(7-10-19)8-13-25(30)31/h4-16,27H,3,28H2,1-2H3,(H,30,31)/b13-8+,26-22+,27-16?. The molecular formula is C26H25N3O2.